The van der Waals surface area contributed by atoms with Crippen molar-refractivity contribution in [2.75, 3.05) is 5.73 Å². The molecular formula is C9H15N3. The maximum absolute atomic E-state index is 5.79. The standard InChI is InChI=1S/C9H15N3/c1-2-8(10)5-7-3-4-12-9(11)6-7/h3-4,6,8H,2,5,10H2,1H3,(H2,11,12). The first-order valence-corrected chi connectivity index (χ1v) is 4.18. The van der Waals surface area contributed by atoms with E-state index in [-0.39, 0.29) is 6.04 Å². The van der Waals surface area contributed by atoms with E-state index < -0.39 is 0 Å². The average Bonchev–Trinajstić information content (AvgIpc) is 2.04. The van der Waals surface area contributed by atoms with Gasteiger partial charge in [-0.3, -0.25) is 0 Å². The molecule has 1 unspecified atom stereocenters. The van der Waals surface area contributed by atoms with Crippen molar-refractivity contribution in [3.05, 3.63) is 23.9 Å². The highest BCUT2D eigenvalue weighted by molar-refractivity contribution is 5.32. The van der Waals surface area contributed by atoms with Crippen LogP contribution in [0.25, 0.3) is 0 Å². The molecule has 0 aliphatic rings. The number of nitrogens with zero attached hydrogens (tertiary/aromatic N) is 1. The third-order valence-corrected chi connectivity index (χ3v) is 1.87. The van der Waals surface area contributed by atoms with E-state index in [1.165, 1.54) is 0 Å². The van der Waals surface area contributed by atoms with Gasteiger partial charge in [0.15, 0.2) is 0 Å². The van der Waals surface area contributed by atoms with Crippen LogP contribution >= 0.6 is 0 Å². The summed E-state index contributed by atoms with van der Waals surface area (Å²) in [4.78, 5) is 3.91. The number of pyridine rings is 1. The van der Waals surface area contributed by atoms with Gasteiger partial charge in [0.1, 0.15) is 5.82 Å². The van der Waals surface area contributed by atoms with Gasteiger partial charge in [-0.25, -0.2) is 4.98 Å². The van der Waals surface area contributed by atoms with Crippen molar-refractivity contribution < 1.29 is 0 Å². The Labute approximate surface area is 72.8 Å². The summed E-state index contributed by atoms with van der Waals surface area (Å²) in [5.74, 6) is 0.566. The van der Waals surface area contributed by atoms with E-state index >= 15 is 0 Å². The SMILES string of the molecule is CCC(N)Cc1ccnc(N)c1. The Kier molecular flexibility index (Phi) is 3.05. The molecule has 12 heavy (non-hydrogen) atoms. The zero-order valence-corrected chi connectivity index (χ0v) is 7.33. The minimum absolute atomic E-state index is 0.229. The summed E-state index contributed by atoms with van der Waals surface area (Å²) in [6.45, 7) is 2.08. The van der Waals surface area contributed by atoms with Crippen LogP contribution in [0.1, 0.15) is 18.9 Å². The fourth-order valence-corrected chi connectivity index (χ4v) is 1.07. The first kappa shape index (κ1) is 9.00. The quantitative estimate of drug-likeness (QED) is 0.700. The molecule has 1 heterocycles. The largest absolute Gasteiger partial charge is 0.384 e. The van der Waals surface area contributed by atoms with E-state index in [0.717, 1.165) is 18.4 Å². The molecule has 1 rings (SSSR count). The molecule has 0 spiro atoms. The summed E-state index contributed by atoms with van der Waals surface area (Å²) >= 11 is 0. The smallest absolute Gasteiger partial charge is 0.123 e. The third-order valence-electron chi connectivity index (χ3n) is 1.87. The van der Waals surface area contributed by atoms with Crippen molar-refractivity contribution in [1.82, 2.24) is 4.98 Å². The number of nitrogens with two attached hydrogens (primary N) is 2. The number of aromatic nitrogens is 1. The maximum Gasteiger partial charge on any atom is 0.123 e. The number of rotatable bonds is 3. The highest BCUT2D eigenvalue weighted by Crippen LogP contribution is 2.06. The lowest BCUT2D eigenvalue weighted by molar-refractivity contribution is 0.646. The Morgan fingerprint density at radius 2 is 2.33 bits per heavy atom. The first-order chi connectivity index (χ1) is 5.72. The highest BCUT2D eigenvalue weighted by Gasteiger charge is 2.00. The van der Waals surface area contributed by atoms with Crippen LogP contribution in [0.5, 0.6) is 0 Å². The van der Waals surface area contributed by atoms with Gasteiger partial charge in [0.05, 0.1) is 0 Å². The molecule has 0 saturated carbocycles. The lowest BCUT2D eigenvalue weighted by Gasteiger charge is -2.07. The summed E-state index contributed by atoms with van der Waals surface area (Å²) in [5.41, 5.74) is 12.5. The molecule has 0 fully saturated rings. The normalized spacial score (nSPS) is 12.8. The molecule has 0 aromatic carbocycles. The van der Waals surface area contributed by atoms with Crippen LogP contribution < -0.4 is 11.5 Å². The second-order valence-electron chi connectivity index (χ2n) is 2.96. The van der Waals surface area contributed by atoms with E-state index in [4.69, 9.17) is 11.5 Å². The Bertz CT molecular complexity index is 247. The van der Waals surface area contributed by atoms with E-state index in [9.17, 15) is 0 Å². The van der Waals surface area contributed by atoms with E-state index in [0.29, 0.717) is 5.82 Å². The van der Waals surface area contributed by atoms with E-state index in [2.05, 4.69) is 11.9 Å². The van der Waals surface area contributed by atoms with Gasteiger partial charge in [0.25, 0.3) is 0 Å². The lowest BCUT2D eigenvalue weighted by atomic mass is 10.1. The molecule has 0 aliphatic heterocycles. The number of hydrogen-bond donors (Lipinski definition) is 2. The summed E-state index contributed by atoms with van der Waals surface area (Å²) in [7, 11) is 0. The van der Waals surface area contributed by atoms with Crippen LogP contribution in [-0.2, 0) is 6.42 Å². The molecule has 0 bridgehead atoms. The molecule has 4 N–H and O–H groups in total. The number of hydrogen-bond acceptors (Lipinski definition) is 3. The van der Waals surface area contributed by atoms with Crippen LogP contribution in [0.2, 0.25) is 0 Å². The average molecular weight is 165 g/mol. The summed E-state index contributed by atoms with van der Waals surface area (Å²) in [5, 5.41) is 0. The van der Waals surface area contributed by atoms with Crippen LogP contribution in [-0.4, -0.2) is 11.0 Å². The molecule has 1 aromatic heterocycles. The van der Waals surface area contributed by atoms with Crippen LogP contribution in [0.4, 0.5) is 5.82 Å². The van der Waals surface area contributed by atoms with Crippen molar-refractivity contribution in [3.63, 3.8) is 0 Å². The van der Waals surface area contributed by atoms with Gasteiger partial charge in [-0.1, -0.05) is 6.92 Å². The zero-order valence-electron chi connectivity index (χ0n) is 7.33. The van der Waals surface area contributed by atoms with Crippen LogP contribution in [0.15, 0.2) is 18.3 Å². The fourth-order valence-electron chi connectivity index (χ4n) is 1.07. The van der Waals surface area contributed by atoms with Crippen molar-refractivity contribution in [2.24, 2.45) is 5.73 Å². The van der Waals surface area contributed by atoms with Gasteiger partial charge in [-0.15, -0.1) is 0 Å². The Morgan fingerprint density at radius 3 is 2.92 bits per heavy atom. The molecule has 0 radical (unpaired) electrons. The van der Waals surface area contributed by atoms with Gasteiger partial charge < -0.3 is 11.5 Å². The molecule has 1 atom stereocenters. The van der Waals surface area contributed by atoms with Crippen molar-refractivity contribution >= 4 is 5.82 Å². The van der Waals surface area contributed by atoms with Gasteiger partial charge >= 0.3 is 0 Å². The lowest BCUT2D eigenvalue weighted by Crippen LogP contribution is -2.21. The van der Waals surface area contributed by atoms with Gasteiger partial charge in [-0.2, -0.15) is 0 Å². The highest BCUT2D eigenvalue weighted by atomic mass is 14.8. The Morgan fingerprint density at radius 1 is 1.58 bits per heavy atom. The minimum atomic E-state index is 0.229. The molecule has 0 amide bonds. The number of nitrogen functional groups attached to an aromatic ring is 1. The van der Waals surface area contributed by atoms with Crippen LogP contribution in [0.3, 0.4) is 0 Å². The van der Waals surface area contributed by atoms with Crippen molar-refractivity contribution in [2.45, 2.75) is 25.8 Å². The summed E-state index contributed by atoms with van der Waals surface area (Å²) in [6, 6.07) is 4.05. The molecule has 3 heteroatoms. The maximum atomic E-state index is 5.79. The van der Waals surface area contributed by atoms with Crippen molar-refractivity contribution in [1.29, 1.82) is 0 Å². The zero-order chi connectivity index (χ0) is 8.97. The molecular weight excluding hydrogens is 150 g/mol. The number of anilines is 1. The molecule has 0 saturated heterocycles. The molecule has 0 aliphatic carbocycles. The fraction of sp³-hybridized carbons (Fsp3) is 0.444. The first-order valence-electron chi connectivity index (χ1n) is 4.18. The predicted octanol–water partition coefficient (Wildman–Crippen LogP) is 0.944. The predicted molar refractivity (Wildman–Crippen MR) is 50.6 cm³/mol. The van der Waals surface area contributed by atoms with Gasteiger partial charge in [0, 0.05) is 12.2 Å². The van der Waals surface area contributed by atoms with Crippen molar-refractivity contribution in [3.8, 4) is 0 Å². The molecule has 1 aromatic rings. The summed E-state index contributed by atoms with van der Waals surface area (Å²) < 4.78 is 0. The van der Waals surface area contributed by atoms with E-state index in [1.54, 1.807) is 6.20 Å². The minimum Gasteiger partial charge on any atom is -0.384 e. The van der Waals surface area contributed by atoms with Crippen LogP contribution in [0, 0.1) is 0 Å². The van der Waals surface area contributed by atoms with Gasteiger partial charge in [0.2, 0.25) is 0 Å². The molecule has 66 valence electrons. The summed E-state index contributed by atoms with van der Waals surface area (Å²) in [6.07, 6.45) is 3.58. The Balaban J connectivity index is 2.63. The van der Waals surface area contributed by atoms with Gasteiger partial charge in [-0.05, 0) is 30.5 Å². The topological polar surface area (TPSA) is 64.9 Å². The molecule has 3 nitrogen and oxygen atoms in total. The Hall–Kier alpha value is -1.09. The van der Waals surface area contributed by atoms with E-state index in [1.807, 2.05) is 12.1 Å². The third kappa shape index (κ3) is 2.51. The second-order valence-corrected chi connectivity index (χ2v) is 2.96. The monoisotopic (exact) mass is 165 g/mol. The second kappa shape index (κ2) is 4.07.